The van der Waals surface area contributed by atoms with Crippen LogP contribution in [0.3, 0.4) is 0 Å². The highest BCUT2D eigenvalue weighted by Gasteiger charge is 2.30. The molecule has 5 nitrogen and oxygen atoms in total. The fraction of sp³-hybridized carbons (Fsp3) is 0.353. The minimum atomic E-state index is -3.75. The van der Waals surface area contributed by atoms with Crippen LogP contribution in [-0.4, -0.2) is 27.4 Å². The fourth-order valence-corrected chi connectivity index (χ4v) is 3.76. The van der Waals surface area contributed by atoms with Crippen LogP contribution in [0.2, 0.25) is 0 Å². The third kappa shape index (κ3) is 3.38. The molecule has 0 aliphatic heterocycles. The molecular formula is C17H19NO4S. The molecule has 0 spiro atoms. The Kier molecular flexibility index (Phi) is 4.37. The van der Waals surface area contributed by atoms with Crippen molar-refractivity contribution < 1.29 is 17.9 Å². The van der Waals surface area contributed by atoms with Crippen molar-refractivity contribution in [1.82, 2.24) is 4.72 Å². The second kappa shape index (κ2) is 6.29. The number of sulfonamides is 1. The summed E-state index contributed by atoms with van der Waals surface area (Å²) in [6.07, 6.45) is 1.74. The number of Topliss-reactive ketones (excluding diaryl/α,β-unsaturated/α-hetero) is 1. The van der Waals surface area contributed by atoms with Gasteiger partial charge in [0.2, 0.25) is 10.0 Å². The molecule has 0 amide bonds. The predicted octanol–water partition coefficient (Wildman–Crippen LogP) is 2.50. The maximum Gasteiger partial charge on any atom is 0.241 e. The highest BCUT2D eigenvalue weighted by Crippen LogP contribution is 2.32. The van der Waals surface area contributed by atoms with Crippen molar-refractivity contribution >= 4 is 26.6 Å². The average molecular weight is 333 g/mol. The molecule has 6 heteroatoms. The first-order chi connectivity index (χ1) is 11.0. The van der Waals surface area contributed by atoms with Crippen molar-refractivity contribution in [2.45, 2.75) is 24.7 Å². The quantitative estimate of drug-likeness (QED) is 0.845. The molecule has 2 aromatic carbocycles. The first-order valence-electron chi connectivity index (χ1n) is 7.70. The largest absolute Gasteiger partial charge is 0.493 e. The van der Waals surface area contributed by atoms with Crippen molar-refractivity contribution in [3.05, 3.63) is 36.4 Å². The van der Waals surface area contributed by atoms with Crippen LogP contribution in [0.15, 0.2) is 41.3 Å². The lowest BCUT2D eigenvalue weighted by Gasteiger charge is -2.12. The predicted molar refractivity (Wildman–Crippen MR) is 88.0 cm³/mol. The Bertz CT molecular complexity index is 841. The van der Waals surface area contributed by atoms with E-state index < -0.39 is 10.0 Å². The van der Waals surface area contributed by atoms with Crippen LogP contribution in [0.4, 0.5) is 0 Å². The average Bonchev–Trinajstić information content (AvgIpc) is 3.38. The van der Waals surface area contributed by atoms with Gasteiger partial charge in [-0.15, -0.1) is 0 Å². The molecule has 0 saturated heterocycles. The molecule has 1 fully saturated rings. The summed E-state index contributed by atoms with van der Waals surface area (Å²) in [5, 5.41) is 1.33. The zero-order valence-corrected chi connectivity index (χ0v) is 13.7. The van der Waals surface area contributed by atoms with E-state index in [1.165, 1.54) is 6.07 Å². The number of nitrogens with one attached hydrogen (secondary N) is 1. The monoisotopic (exact) mass is 333 g/mol. The Morgan fingerprint density at radius 1 is 1.17 bits per heavy atom. The molecule has 1 aliphatic carbocycles. The van der Waals surface area contributed by atoms with E-state index >= 15 is 0 Å². The Hall–Kier alpha value is -1.92. The number of ether oxygens (including phenoxy) is 1. The van der Waals surface area contributed by atoms with Gasteiger partial charge in [-0.2, -0.15) is 0 Å². The number of hydrogen-bond acceptors (Lipinski definition) is 4. The fourth-order valence-electron chi connectivity index (χ4n) is 2.55. The number of hydrogen-bond donors (Lipinski definition) is 1. The van der Waals surface area contributed by atoms with Gasteiger partial charge in [0, 0.05) is 16.7 Å². The van der Waals surface area contributed by atoms with E-state index in [1.807, 2.05) is 19.1 Å². The van der Waals surface area contributed by atoms with E-state index in [2.05, 4.69) is 4.72 Å². The van der Waals surface area contributed by atoms with Crippen molar-refractivity contribution in [3.8, 4) is 5.75 Å². The topological polar surface area (TPSA) is 72.5 Å². The van der Waals surface area contributed by atoms with Crippen LogP contribution in [0.1, 0.15) is 19.8 Å². The molecule has 0 bridgehead atoms. The van der Waals surface area contributed by atoms with E-state index in [-0.39, 0.29) is 23.1 Å². The molecule has 23 heavy (non-hydrogen) atoms. The molecule has 1 N–H and O–H groups in total. The lowest BCUT2D eigenvalue weighted by Crippen LogP contribution is -2.30. The Balaban J connectivity index is 1.95. The first-order valence-corrected chi connectivity index (χ1v) is 9.18. The smallest absolute Gasteiger partial charge is 0.241 e. The zero-order chi connectivity index (χ0) is 16.4. The molecule has 122 valence electrons. The molecule has 2 aromatic rings. The third-order valence-corrected chi connectivity index (χ3v) is 5.36. The lowest BCUT2D eigenvalue weighted by molar-refractivity contribution is -0.119. The molecule has 1 saturated carbocycles. The van der Waals surface area contributed by atoms with Gasteiger partial charge < -0.3 is 4.74 Å². The van der Waals surface area contributed by atoms with Crippen LogP contribution < -0.4 is 9.46 Å². The van der Waals surface area contributed by atoms with Gasteiger partial charge in [0.25, 0.3) is 0 Å². The van der Waals surface area contributed by atoms with E-state index in [1.54, 1.807) is 18.2 Å². The number of carbonyl (C=O) groups excluding carboxylic acids is 1. The molecule has 0 heterocycles. The van der Waals surface area contributed by atoms with E-state index in [0.717, 1.165) is 18.2 Å². The summed E-state index contributed by atoms with van der Waals surface area (Å²) < 4.78 is 33.1. The number of fused-ring (bicyclic) bond motifs is 1. The second-order valence-electron chi connectivity index (χ2n) is 5.61. The Morgan fingerprint density at radius 2 is 1.87 bits per heavy atom. The van der Waals surface area contributed by atoms with Gasteiger partial charge in [0.05, 0.1) is 18.0 Å². The third-order valence-electron chi connectivity index (χ3n) is 3.90. The van der Waals surface area contributed by atoms with Gasteiger partial charge in [-0.05, 0) is 31.9 Å². The van der Waals surface area contributed by atoms with Gasteiger partial charge >= 0.3 is 0 Å². The highest BCUT2D eigenvalue weighted by molar-refractivity contribution is 7.89. The normalized spacial score (nSPS) is 14.8. The summed E-state index contributed by atoms with van der Waals surface area (Å²) in [6, 6.07) is 10.4. The standard InChI is InChI=1S/C17H19NO4S/c1-2-22-16-9-10-17(14-6-4-3-5-13(14)16)23(20,21)18-11-15(19)12-7-8-12/h3-6,9-10,12,18H,2,7-8,11H2,1H3. The highest BCUT2D eigenvalue weighted by atomic mass is 32.2. The Labute approximate surface area is 135 Å². The summed E-state index contributed by atoms with van der Waals surface area (Å²) in [4.78, 5) is 11.9. The molecule has 0 aromatic heterocycles. The minimum absolute atomic E-state index is 0.0368. The molecule has 0 unspecified atom stereocenters. The van der Waals surface area contributed by atoms with Crippen LogP contribution in [0, 0.1) is 5.92 Å². The molecule has 3 rings (SSSR count). The van der Waals surface area contributed by atoms with Crippen molar-refractivity contribution in [2.24, 2.45) is 5.92 Å². The maximum atomic E-state index is 12.6. The Morgan fingerprint density at radius 3 is 2.52 bits per heavy atom. The van der Waals surface area contributed by atoms with Crippen LogP contribution in [-0.2, 0) is 14.8 Å². The van der Waals surface area contributed by atoms with E-state index in [4.69, 9.17) is 4.74 Å². The molecule has 0 radical (unpaired) electrons. The summed E-state index contributed by atoms with van der Waals surface area (Å²) in [5.74, 6) is 0.648. The number of ketones is 1. The van der Waals surface area contributed by atoms with Crippen molar-refractivity contribution in [1.29, 1.82) is 0 Å². The van der Waals surface area contributed by atoms with E-state index in [0.29, 0.717) is 17.7 Å². The summed E-state index contributed by atoms with van der Waals surface area (Å²) in [6.45, 7) is 2.24. The van der Waals surface area contributed by atoms with Crippen molar-refractivity contribution in [2.75, 3.05) is 13.2 Å². The van der Waals surface area contributed by atoms with Crippen LogP contribution in [0.25, 0.3) is 10.8 Å². The summed E-state index contributed by atoms with van der Waals surface area (Å²) >= 11 is 0. The van der Waals surface area contributed by atoms with Gasteiger partial charge in [-0.3, -0.25) is 4.79 Å². The SMILES string of the molecule is CCOc1ccc(S(=O)(=O)NCC(=O)C2CC2)c2ccccc12. The lowest BCUT2D eigenvalue weighted by atomic mass is 10.1. The number of benzene rings is 2. The first kappa shape index (κ1) is 16.0. The molecule has 0 atom stereocenters. The molecule has 1 aliphatic rings. The summed E-state index contributed by atoms with van der Waals surface area (Å²) in [5.41, 5.74) is 0. The van der Waals surface area contributed by atoms with Gasteiger partial charge in [-0.1, -0.05) is 24.3 Å². The summed E-state index contributed by atoms with van der Waals surface area (Å²) in [7, 11) is -3.75. The minimum Gasteiger partial charge on any atom is -0.493 e. The number of rotatable bonds is 7. The molecular weight excluding hydrogens is 314 g/mol. The van der Waals surface area contributed by atoms with Gasteiger partial charge in [-0.25, -0.2) is 13.1 Å². The van der Waals surface area contributed by atoms with Gasteiger partial charge in [0.15, 0.2) is 5.78 Å². The van der Waals surface area contributed by atoms with Crippen molar-refractivity contribution in [3.63, 3.8) is 0 Å². The van der Waals surface area contributed by atoms with E-state index in [9.17, 15) is 13.2 Å². The van der Waals surface area contributed by atoms with Crippen LogP contribution >= 0.6 is 0 Å². The zero-order valence-electron chi connectivity index (χ0n) is 12.9. The number of carbonyl (C=O) groups is 1. The van der Waals surface area contributed by atoms with Gasteiger partial charge in [0.1, 0.15) is 5.75 Å². The second-order valence-corrected chi connectivity index (χ2v) is 7.34. The maximum absolute atomic E-state index is 12.6. The van der Waals surface area contributed by atoms with Crippen LogP contribution in [0.5, 0.6) is 5.75 Å².